The first-order valence-corrected chi connectivity index (χ1v) is 20.0. The van der Waals surface area contributed by atoms with Crippen molar-refractivity contribution in [2.75, 3.05) is 4.90 Å². The third-order valence-electron chi connectivity index (χ3n) is 12.0. The molecule has 0 unspecified atom stereocenters. The maximum atomic E-state index is 6.14. The molecular formula is C55H45NO. The van der Waals surface area contributed by atoms with Crippen LogP contribution in [0.1, 0.15) is 51.3 Å². The van der Waals surface area contributed by atoms with Gasteiger partial charge in [-0.2, -0.15) is 0 Å². The molecule has 1 aromatic heterocycles. The monoisotopic (exact) mass is 735 g/mol. The fraction of sp³-hybridized carbons (Fsp3) is 0.127. The van der Waals surface area contributed by atoms with Crippen LogP contribution in [-0.4, -0.2) is 0 Å². The molecule has 1 aliphatic carbocycles. The second-order valence-corrected chi connectivity index (χ2v) is 17.0. The molecular weight excluding hydrogens is 691 g/mol. The van der Waals surface area contributed by atoms with Crippen molar-refractivity contribution in [3.8, 4) is 44.5 Å². The Morgan fingerprint density at radius 2 is 1.00 bits per heavy atom. The van der Waals surface area contributed by atoms with Crippen molar-refractivity contribution in [2.24, 2.45) is 0 Å². The quantitative estimate of drug-likeness (QED) is 0.169. The Kier molecular flexibility index (Phi) is 8.09. The summed E-state index contributed by atoms with van der Waals surface area (Å²) in [5.74, 6) is 0. The molecule has 276 valence electrons. The summed E-state index contributed by atoms with van der Waals surface area (Å²) < 4.78 is 6.14. The minimum absolute atomic E-state index is 0.0421. The molecule has 0 amide bonds. The van der Waals surface area contributed by atoms with Crippen LogP contribution in [0.3, 0.4) is 0 Å². The summed E-state index contributed by atoms with van der Waals surface area (Å²) in [6.07, 6.45) is 0. The number of benzene rings is 8. The molecule has 0 atom stereocenters. The highest BCUT2D eigenvalue weighted by molar-refractivity contribution is 6.06. The van der Waals surface area contributed by atoms with Gasteiger partial charge in [0, 0.05) is 33.2 Å². The first-order chi connectivity index (χ1) is 27.6. The van der Waals surface area contributed by atoms with Crippen LogP contribution in [0.4, 0.5) is 17.1 Å². The average molecular weight is 736 g/mol. The molecule has 0 fully saturated rings. The SMILES string of the molecule is CC(C)(C)c1cc(N(c2ccc(-c3ccc4oc5ccccc5c4c3)cc2)c2ccc(-c3cccc4c3-c3ccccc3C4(C)C)cc2)ccc1-c1ccccc1. The van der Waals surface area contributed by atoms with E-state index in [0.29, 0.717) is 0 Å². The van der Waals surface area contributed by atoms with E-state index in [4.69, 9.17) is 4.42 Å². The molecule has 1 heterocycles. The summed E-state index contributed by atoms with van der Waals surface area (Å²) in [6, 6.07) is 66.4. The highest BCUT2D eigenvalue weighted by Gasteiger charge is 2.36. The van der Waals surface area contributed by atoms with Gasteiger partial charge in [-0.05, 0) is 121 Å². The van der Waals surface area contributed by atoms with Crippen molar-refractivity contribution in [1.82, 2.24) is 0 Å². The van der Waals surface area contributed by atoms with Crippen molar-refractivity contribution in [3.63, 3.8) is 0 Å². The van der Waals surface area contributed by atoms with Crippen molar-refractivity contribution in [1.29, 1.82) is 0 Å². The van der Waals surface area contributed by atoms with Gasteiger partial charge in [0.2, 0.25) is 0 Å². The molecule has 0 spiro atoms. The predicted octanol–water partition coefficient (Wildman–Crippen LogP) is 15.7. The molecule has 1 aliphatic rings. The Balaban J connectivity index is 1.09. The first-order valence-electron chi connectivity index (χ1n) is 20.0. The zero-order valence-corrected chi connectivity index (χ0v) is 33.2. The molecule has 8 aromatic carbocycles. The van der Waals surface area contributed by atoms with E-state index in [0.717, 1.165) is 44.6 Å². The number of para-hydroxylation sites is 1. The van der Waals surface area contributed by atoms with Crippen LogP contribution in [0.25, 0.3) is 66.4 Å². The van der Waals surface area contributed by atoms with Gasteiger partial charge in [-0.25, -0.2) is 0 Å². The van der Waals surface area contributed by atoms with Crippen molar-refractivity contribution < 1.29 is 4.42 Å². The van der Waals surface area contributed by atoms with Gasteiger partial charge in [0.1, 0.15) is 11.2 Å². The number of nitrogens with zero attached hydrogens (tertiary/aromatic N) is 1. The van der Waals surface area contributed by atoms with Gasteiger partial charge in [0.15, 0.2) is 0 Å². The smallest absolute Gasteiger partial charge is 0.135 e. The molecule has 0 bridgehead atoms. The van der Waals surface area contributed by atoms with Crippen LogP contribution in [0.5, 0.6) is 0 Å². The van der Waals surface area contributed by atoms with Gasteiger partial charge < -0.3 is 9.32 Å². The number of fused-ring (bicyclic) bond motifs is 6. The number of hydrogen-bond acceptors (Lipinski definition) is 2. The van der Waals surface area contributed by atoms with Crippen molar-refractivity contribution >= 4 is 39.0 Å². The molecule has 0 N–H and O–H groups in total. The molecule has 0 aliphatic heterocycles. The lowest BCUT2D eigenvalue weighted by Gasteiger charge is -2.30. The Morgan fingerprint density at radius 1 is 0.421 bits per heavy atom. The first kappa shape index (κ1) is 34.8. The van der Waals surface area contributed by atoms with Crippen LogP contribution in [-0.2, 0) is 10.8 Å². The molecule has 10 rings (SSSR count). The maximum Gasteiger partial charge on any atom is 0.135 e. The van der Waals surface area contributed by atoms with Crippen LogP contribution in [0.2, 0.25) is 0 Å². The van der Waals surface area contributed by atoms with Gasteiger partial charge in [0.25, 0.3) is 0 Å². The number of hydrogen-bond donors (Lipinski definition) is 0. The number of anilines is 3. The van der Waals surface area contributed by atoms with Gasteiger partial charge in [-0.1, -0.05) is 162 Å². The molecule has 0 saturated heterocycles. The lowest BCUT2D eigenvalue weighted by atomic mass is 9.81. The van der Waals surface area contributed by atoms with E-state index in [-0.39, 0.29) is 10.8 Å². The zero-order valence-electron chi connectivity index (χ0n) is 33.2. The molecule has 2 nitrogen and oxygen atoms in total. The van der Waals surface area contributed by atoms with Gasteiger partial charge in [-0.3, -0.25) is 0 Å². The predicted molar refractivity (Wildman–Crippen MR) is 241 cm³/mol. The van der Waals surface area contributed by atoms with E-state index < -0.39 is 0 Å². The molecule has 2 heteroatoms. The van der Waals surface area contributed by atoms with E-state index in [9.17, 15) is 0 Å². The summed E-state index contributed by atoms with van der Waals surface area (Å²) >= 11 is 0. The van der Waals surface area contributed by atoms with E-state index >= 15 is 0 Å². The van der Waals surface area contributed by atoms with E-state index in [2.05, 4.69) is 209 Å². The Labute approximate surface area is 335 Å². The summed E-state index contributed by atoms with van der Waals surface area (Å²) in [5, 5.41) is 2.28. The normalized spacial score (nSPS) is 13.1. The minimum Gasteiger partial charge on any atom is -0.456 e. The Morgan fingerprint density at radius 3 is 1.75 bits per heavy atom. The van der Waals surface area contributed by atoms with Gasteiger partial charge in [0.05, 0.1) is 0 Å². The van der Waals surface area contributed by atoms with Gasteiger partial charge >= 0.3 is 0 Å². The molecule has 57 heavy (non-hydrogen) atoms. The Hall–Kier alpha value is -6.64. The number of rotatable bonds is 6. The van der Waals surface area contributed by atoms with Crippen LogP contribution < -0.4 is 4.90 Å². The molecule has 0 radical (unpaired) electrons. The maximum absolute atomic E-state index is 6.14. The second-order valence-electron chi connectivity index (χ2n) is 17.0. The molecule has 9 aromatic rings. The summed E-state index contributed by atoms with van der Waals surface area (Å²) in [5.41, 5.74) is 19.2. The van der Waals surface area contributed by atoms with Crippen molar-refractivity contribution in [2.45, 2.75) is 45.4 Å². The van der Waals surface area contributed by atoms with E-state index in [1.54, 1.807) is 0 Å². The zero-order chi connectivity index (χ0) is 38.9. The van der Waals surface area contributed by atoms with Crippen LogP contribution in [0.15, 0.2) is 186 Å². The summed E-state index contributed by atoms with van der Waals surface area (Å²) in [7, 11) is 0. The van der Waals surface area contributed by atoms with Crippen LogP contribution in [0, 0.1) is 0 Å². The number of furan rings is 1. The third-order valence-corrected chi connectivity index (χ3v) is 12.0. The van der Waals surface area contributed by atoms with Crippen LogP contribution >= 0.6 is 0 Å². The summed E-state index contributed by atoms with van der Waals surface area (Å²) in [6.45, 7) is 11.6. The fourth-order valence-corrected chi connectivity index (χ4v) is 9.10. The van der Waals surface area contributed by atoms with Gasteiger partial charge in [-0.15, -0.1) is 0 Å². The standard InChI is InChI=1S/C55H45NO/c1-54(2,3)50-35-42(31-32-43(50)37-14-7-6-8-15-37)56(40-27-22-36(23-28-40)39-26-33-52-47(34-39)45-16-10-12-21-51(45)57-52)41-29-24-38(25-30-41)44-18-13-20-49-53(44)46-17-9-11-19-48(46)55(49,4)5/h6-35H,1-5H3. The highest BCUT2D eigenvalue weighted by Crippen LogP contribution is 2.52. The Bertz CT molecular complexity index is 2940. The largest absolute Gasteiger partial charge is 0.456 e. The van der Waals surface area contributed by atoms with E-state index in [1.165, 1.54) is 55.6 Å². The lowest BCUT2D eigenvalue weighted by molar-refractivity contribution is 0.592. The minimum atomic E-state index is -0.0752. The van der Waals surface area contributed by atoms with E-state index in [1.807, 2.05) is 12.1 Å². The second kappa shape index (κ2) is 13.2. The topological polar surface area (TPSA) is 16.4 Å². The highest BCUT2D eigenvalue weighted by atomic mass is 16.3. The third kappa shape index (κ3) is 5.87. The lowest BCUT2D eigenvalue weighted by Crippen LogP contribution is -2.16. The summed E-state index contributed by atoms with van der Waals surface area (Å²) in [4.78, 5) is 2.40. The fourth-order valence-electron chi connectivity index (χ4n) is 9.10. The van der Waals surface area contributed by atoms with Crippen molar-refractivity contribution in [3.05, 3.63) is 199 Å². The average Bonchev–Trinajstić information content (AvgIpc) is 3.73. The molecule has 0 saturated carbocycles.